The molecule has 0 unspecified atom stereocenters. The van der Waals surface area contributed by atoms with E-state index in [1.165, 1.54) is 25.7 Å². The summed E-state index contributed by atoms with van der Waals surface area (Å²) in [7, 11) is 0. The maximum atomic E-state index is 11.7. The van der Waals surface area contributed by atoms with Gasteiger partial charge in [0.2, 0.25) is 11.8 Å². The first kappa shape index (κ1) is 25.0. The smallest absolute Gasteiger partial charge is 0.384 e. The van der Waals surface area contributed by atoms with Crippen LogP contribution in [0.2, 0.25) is 5.02 Å². The number of H-pyrrole nitrogens is 1. The lowest BCUT2D eigenvalue weighted by Crippen LogP contribution is -2.51. The van der Waals surface area contributed by atoms with Gasteiger partial charge in [-0.25, -0.2) is 19.9 Å². The number of aromatic nitrogens is 7. The van der Waals surface area contributed by atoms with Crippen LogP contribution in [0.15, 0.2) is 27.7 Å². The Kier molecular flexibility index (Phi) is 6.65. The number of anilines is 1. The highest BCUT2D eigenvalue weighted by Gasteiger charge is 2.33. The van der Waals surface area contributed by atoms with E-state index in [1.807, 2.05) is 6.07 Å². The Labute approximate surface area is 224 Å². The van der Waals surface area contributed by atoms with Gasteiger partial charge < -0.3 is 18.6 Å². The maximum Gasteiger partial charge on any atom is 0.434 e. The summed E-state index contributed by atoms with van der Waals surface area (Å²) in [5.41, 5.74) is 2.63. The van der Waals surface area contributed by atoms with Crippen molar-refractivity contribution in [1.29, 1.82) is 0 Å². The van der Waals surface area contributed by atoms with E-state index < -0.39 is 5.76 Å². The number of nitrogens with one attached hydrogen (secondary N) is 1. The number of nitrogens with zero attached hydrogens (tertiary/aromatic N) is 7. The quantitative estimate of drug-likeness (QED) is 0.395. The third-order valence-electron chi connectivity index (χ3n) is 7.67. The average molecular weight is 539 g/mol. The molecule has 1 aliphatic carbocycles. The predicted octanol–water partition coefficient (Wildman–Crippen LogP) is 4.32. The Morgan fingerprint density at radius 1 is 1.05 bits per heavy atom. The van der Waals surface area contributed by atoms with Crippen molar-refractivity contribution < 1.29 is 9.15 Å². The summed E-state index contributed by atoms with van der Waals surface area (Å²) in [6, 6.07) is 2.09. The molecule has 0 spiro atoms. The fraction of sp³-hybridized carbons (Fsp3) is 0.538. The molecule has 200 valence electrons. The van der Waals surface area contributed by atoms with E-state index in [-0.39, 0.29) is 23.8 Å². The summed E-state index contributed by atoms with van der Waals surface area (Å²) in [5.74, 6) is 1.60. The van der Waals surface area contributed by atoms with Crippen molar-refractivity contribution in [3.8, 4) is 23.0 Å². The highest BCUT2D eigenvalue weighted by atomic mass is 35.5. The van der Waals surface area contributed by atoms with E-state index in [4.69, 9.17) is 35.7 Å². The zero-order valence-electron chi connectivity index (χ0n) is 21.7. The van der Waals surface area contributed by atoms with Crippen molar-refractivity contribution in [3.05, 3.63) is 34.0 Å². The molecule has 2 aliphatic rings. The second kappa shape index (κ2) is 10.1. The zero-order valence-corrected chi connectivity index (χ0v) is 22.5. The van der Waals surface area contributed by atoms with Gasteiger partial charge in [-0.1, -0.05) is 31.4 Å². The fourth-order valence-corrected chi connectivity index (χ4v) is 5.90. The Hall–Kier alpha value is -3.31. The molecule has 0 aromatic carbocycles. The molecule has 1 saturated heterocycles. The van der Waals surface area contributed by atoms with Crippen LogP contribution in [0.5, 0.6) is 0 Å². The summed E-state index contributed by atoms with van der Waals surface area (Å²) in [6.45, 7) is 8.68. The van der Waals surface area contributed by atoms with Crippen molar-refractivity contribution in [3.63, 3.8) is 0 Å². The Bertz CT molecular complexity index is 1500. The van der Waals surface area contributed by atoms with Crippen molar-refractivity contribution in [2.24, 2.45) is 11.8 Å². The lowest BCUT2D eigenvalue weighted by atomic mass is 9.83. The van der Waals surface area contributed by atoms with Crippen molar-refractivity contribution in [2.45, 2.75) is 65.1 Å². The van der Waals surface area contributed by atoms with Crippen LogP contribution in [0.3, 0.4) is 0 Å². The van der Waals surface area contributed by atoms with Crippen LogP contribution in [0.1, 0.15) is 46.5 Å². The Morgan fingerprint density at radius 2 is 1.82 bits per heavy atom. The molecule has 4 aromatic heterocycles. The molecule has 2 atom stereocenters. The van der Waals surface area contributed by atoms with Gasteiger partial charge in [0, 0.05) is 24.5 Å². The third kappa shape index (κ3) is 4.69. The standard InChI is InChI=1S/C26H31ClN8O3/c1-14-4-6-17(7-5-14)11-34-21-20(18-8-19(27)10-28-9-18)29-23(24-32-33-26(36)38-24)30-22(21)31-25(34)35-15(2)12-37-13-16(35)3/h8-10,14-17H,4-7,11-13H2,1-3H3,(H,33,36)/t14?,15-,16-,17?/m1/s1. The first-order valence-electron chi connectivity index (χ1n) is 13.2. The van der Waals surface area contributed by atoms with Crippen LogP contribution in [0.25, 0.3) is 34.1 Å². The Balaban J connectivity index is 1.59. The van der Waals surface area contributed by atoms with Crippen molar-refractivity contribution in [1.82, 2.24) is 34.7 Å². The number of hydrogen-bond acceptors (Lipinski definition) is 9. The minimum absolute atomic E-state index is 0.00128. The summed E-state index contributed by atoms with van der Waals surface area (Å²) < 4.78 is 13.3. The average Bonchev–Trinajstić information content (AvgIpc) is 3.48. The summed E-state index contributed by atoms with van der Waals surface area (Å²) in [6.07, 6.45) is 8.08. The summed E-state index contributed by atoms with van der Waals surface area (Å²) in [5, 5.41) is 6.74. The molecule has 1 saturated carbocycles. The number of hydrogen-bond donors (Lipinski definition) is 1. The minimum Gasteiger partial charge on any atom is -0.384 e. The molecular formula is C26H31ClN8O3. The number of rotatable bonds is 5. The van der Waals surface area contributed by atoms with E-state index in [1.54, 1.807) is 12.4 Å². The zero-order chi connectivity index (χ0) is 26.4. The molecule has 0 radical (unpaired) electrons. The highest BCUT2D eigenvalue weighted by Crippen LogP contribution is 2.37. The number of ether oxygens (including phenoxy) is 1. The summed E-state index contributed by atoms with van der Waals surface area (Å²) >= 11 is 6.35. The number of halogens is 1. The van der Waals surface area contributed by atoms with Crippen LogP contribution in [-0.2, 0) is 11.3 Å². The van der Waals surface area contributed by atoms with Gasteiger partial charge in [-0.3, -0.25) is 4.98 Å². The normalized spacial score (nSPS) is 24.3. The number of pyridine rings is 1. The number of aromatic amines is 1. The monoisotopic (exact) mass is 538 g/mol. The van der Waals surface area contributed by atoms with Crippen LogP contribution >= 0.6 is 11.6 Å². The van der Waals surface area contributed by atoms with Gasteiger partial charge in [-0.2, -0.15) is 4.98 Å². The second-order valence-electron chi connectivity index (χ2n) is 10.7. The molecule has 1 N–H and O–H groups in total. The van der Waals surface area contributed by atoms with Gasteiger partial charge >= 0.3 is 5.76 Å². The predicted molar refractivity (Wildman–Crippen MR) is 143 cm³/mol. The molecule has 1 aliphatic heterocycles. The molecule has 4 aromatic rings. The maximum absolute atomic E-state index is 11.7. The highest BCUT2D eigenvalue weighted by molar-refractivity contribution is 6.30. The van der Waals surface area contributed by atoms with Gasteiger partial charge in [-0.05, 0) is 44.6 Å². The van der Waals surface area contributed by atoms with E-state index in [2.05, 4.69) is 45.4 Å². The lowest BCUT2D eigenvalue weighted by Gasteiger charge is -2.40. The van der Waals surface area contributed by atoms with Crippen molar-refractivity contribution in [2.75, 3.05) is 18.1 Å². The SMILES string of the molecule is CC1CCC(Cn2c(N3[C@H](C)COC[C@H]3C)nc3nc(-c4n[nH]c(=O)o4)nc(-c4cncc(Cl)c4)c32)CC1. The molecule has 6 rings (SSSR count). The molecule has 12 heteroatoms. The third-order valence-corrected chi connectivity index (χ3v) is 7.87. The van der Waals surface area contributed by atoms with E-state index in [0.29, 0.717) is 35.5 Å². The first-order chi connectivity index (χ1) is 18.4. The van der Waals surface area contributed by atoms with Gasteiger partial charge in [0.25, 0.3) is 5.89 Å². The van der Waals surface area contributed by atoms with Crippen LogP contribution in [0.4, 0.5) is 5.95 Å². The van der Waals surface area contributed by atoms with Crippen LogP contribution < -0.4 is 10.7 Å². The van der Waals surface area contributed by atoms with Crippen LogP contribution in [-0.4, -0.2) is 60.0 Å². The molecule has 5 heterocycles. The van der Waals surface area contributed by atoms with Gasteiger partial charge in [-0.15, -0.1) is 5.10 Å². The topological polar surface area (TPSA) is 128 Å². The van der Waals surface area contributed by atoms with E-state index >= 15 is 0 Å². The van der Waals surface area contributed by atoms with E-state index in [9.17, 15) is 4.79 Å². The lowest BCUT2D eigenvalue weighted by molar-refractivity contribution is 0.0741. The molecule has 11 nitrogen and oxygen atoms in total. The molecule has 0 amide bonds. The van der Waals surface area contributed by atoms with Crippen LogP contribution in [0, 0.1) is 11.8 Å². The van der Waals surface area contributed by atoms with Crippen molar-refractivity contribution >= 4 is 28.7 Å². The number of imidazole rings is 1. The first-order valence-corrected chi connectivity index (χ1v) is 13.6. The van der Waals surface area contributed by atoms with Gasteiger partial charge in [0.1, 0.15) is 11.2 Å². The number of morpholine rings is 1. The fourth-order valence-electron chi connectivity index (χ4n) is 5.73. The molecular weight excluding hydrogens is 508 g/mol. The molecule has 2 fully saturated rings. The van der Waals surface area contributed by atoms with E-state index in [0.717, 1.165) is 29.5 Å². The number of fused-ring (bicyclic) bond motifs is 1. The molecule has 0 bridgehead atoms. The summed E-state index contributed by atoms with van der Waals surface area (Å²) in [4.78, 5) is 33.0. The van der Waals surface area contributed by atoms with Gasteiger partial charge in [0.15, 0.2) is 5.65 Å². The largest absolute Gasteiger partial charge is 0.434 e. The molecule has 38 heavy (non-hydrogen) atoms. The second-order valence-corrected chi connectivity index (χ2v) is 11.1. The van der Waals surface area contributed by atoms with Gasteiger partial charge in [0.05, 0.1) is 30.3 Å². The Morgan fingerprint density at radius 3 is 2.50 bits per heavy atom. The minimum atomic E-state index is -0.677.